The maximum Gasteiger partial charge on any atom is 0.329 e. The molecule has 3 rings (SSSR count). The normalized spacial score (nSPS) is 14.8. The standard InChI is InChI=1S/C34H52N10O10S2/c1-51-11-12-52-13-14-53-15-16-54-19-28(46)42-23(6-4-10-38-34(36)37)29(47)39-18-27(45)41-24(5-2-3-9-35)30(48)40-21-7-8-22-26(17-21)56-32(43-22)31-44-25(20-55-31)33(49)50/h7-8,17,23-25H,2-6,9-16,18-20,35H2,1H3,(H,39,47)(H,40,48)(H,41,45)(H,42,46)(H,49,50)(H4,36,37,38)/t23-,24+,25-/m1/s1. The number of fused-ring (bicyclic) bond motifs is 1. The Bertz CT molecular complexity index is 1660. The SMILES string of the molecule is COCCOCCOCCOCC(=O)N[C@H](CCCN=C(N)N)C(=O)NCC(=O)N[C@@H](CCCCN)C(=O)Nc1ccc2nc(C3=N[C@@H](C(=O)O)CS3)sc2c1. The van der Waals surface area contributed by atoms with Gasteiger partial charge in [-0.1, -0.05) is 0 Å². The van der Waals surface area contributed by atoms with Crippen LogP contribution in [0.1, 0.15) is 37.1 Å². The lowest BCUT2D eigenvalue weighted by Crippen LogP contribution is -2.51. The second-order valence-electron chi connectivity index (χ2n) is 12.3. The summed E-state index contributed by atoms with van der Waals surface area (Å²) in [7, 11) is 1.58. The molecule has 22 heteroatoms. The molecule has 1 aliphatic heterocycles. The number of nitrogens with two attached hydrogens (primary N) is 3. The molecule has 2 heterocycles. The van der Waals surface area contributed by atoms with Crippen molar-refractivity contribution in [2.45, 2.75) is 50.2 Å². The van der Waals surface area contributed by atoms with Crippen molar-refractivity contribution in [1.82, 2.24) is 20.9 Å². The smallest absolute Gasteiger partial charge is 0.329 e. The van der Waals surface area contributed by atoms with Crippen LogP contribution in [-0.4, -0.2) is 148 Å². The predicted molar refractivity (Wildman–Crippen MR) is 213 cm³/mol. The van der Waals surface area contributed by atoms with Crippen LogP contribution in [0, 0.1) is 0 Å². The minimum absolute atomic E-state index is 0.113. The summed E-state index contributed by atoms with van der Waals surface area (Å²) in [5.74, 6) is -3.05. The summed E-state index contributed by atoms with van der Waals surface area (Å²) in [6.07, 6.45) is 1.97. The van der Waals surface area contributed by atoms with E-state index in [2.05, 4.69) is 36.2 Å². The first-order valence-corrected chi connectivity index (χ1v) is 19.8. The third kappa shape index (κ3) is 17.1. The molecule has 20 nitrogen and oxygen atoms in total. The zero-order valence-corrected chi connectivity index (χ0v) is 32.9. The van der Waals surface area contributed by atoms with E-state index in [4.69, 9.17) is 36.1 Å². The van der Waals surface area contributed by atoms with Gasteiger partial charge >= 0.3 is 5.97 Å². The molecular weight excluding hydrogens is 773 g/mol. The molecule has 0 saturated heterocycles. The molecule has 310 valence electrons. The van der Waals surface area contributed by atoms with Gasteiger partial charge in [0.2, 0.25) is 23.6 Å². The molecule has 4 amide bonds. The van der Waals surface area contributed by atoms with E-state index in [-0.39, 0.29) is 45.2 Å². The van der Waals surface area contributed by atoms with E-state index in [1.807, 2.05) is 0 Å². The number of ether oxygens (including phenoxy) is 4. The zero-order chi connectivity index (χ0) is 40.7. The Morgan fingerprint density at radius 2 is 1.61 bits per heavy atom. The summed E-state index contributed by atoms with van der Waals surface area (Å²) in [4.78, 5) is 76.3. The summed E-state index contributed by atoms with van der Waals surface area (Å²) in [5, 5.41) is 21.1. The van der Waals surface area contributed by atoms with Crippen LogP contribution in [0.5, 0.6) is 0 Å². The third-order valence-electron chi connectivity index (χ3n) is 7.80. The van der Waals surface area contributed by atoms with Crippen molar-refractivity contribution >= 4 is 79.6 Å². The van der Waals surface area contributed by atoms with Crippen molar-refractivity contribution < 1.29 is 48.0 Å². The zero-order valence-electron chi connectivity index (χ0n) is 31.3. The molecular formula is C34H52N10O10S2. The summed E-state index contributed by atoms with van der Waals surface area (Å²) < 4.78 is 21.7. The average molecular weight is 825 g/mol. The fraction of sp³-hybridized carbons (Fsp3) is 0.588. The topological polar surface area (TPSA) is 306 Å². The number of nitrogens with zero attached hydrogens (tertiary/aromatic N) is 3. The maximum atomic E-state index is 13.4. The average Bonchev–Trinajstić information content (AvgIpc) is 3.83. The Kier molecular flexibility index (Phi) is 21.0. The van der Waals surface area contributed by atoms with E-state index < -0.39 is 54.3 Å². The number of carbonyl (C=O) groups excluding carboxylic acids is 4. The highest BCUT2D eigenvalue weighted by Crippen LogP contribution is 2.31. The first-order valence-electron chi connectivity index (χ1n) is 18.0. The van der Waals surface area contributed by atoms with Gasteiger partial charge in [-0.3, -0.25) is 29.2 Å². The number of aliphatic imine (C=N–C) groups is 2. The second-order valence-corrected chi connectivity index (χ2v) is 14.3. The number of guanidine groups is 1. The van der Waals surface area contributed by atoms with E-state index in [1.54, 1.807) is 25.3 Å². The molecule has 0 fully saturated rings. The molecule has 0 radical (unpaired) electrons. The van der Waals surface area contributed by atoms with Gasteiger partial charge in [-0.05, 0) is 56.8 Å². The van der Waals surface area contributed by atoms with Crippen molar-refractivity contribution in [3.63, 3.8) is 0 Å². The number of amides is 4. The highest BCUT2D eigenvalue weighted by atomic mass is 32.2. The number of rotatable bonds is 28. The van der Waals surface area contributed by atoms with Crippen LogP contribution in [0.3, 0.4) is 0 Å². The number of carbonyl (C=O) groups is 5. The minimum atomic E-state index is -1.03. The van der Waals surface area contributed by atoms with Gasteiger partial charge in [0, 0.05) is 25.1 Å². The first-order chi connectivity index (χ1) is 27.0. The van der Waals surface area contributed by atoms with Crippen molar-refractivity contribution in [2.24, 2.45) is 27.2 Å². The molecule has 56 heavy (non-hydrogen) atoms. The Morgan fingerprint density at radius 3 is 2.29 bits per heavy atom. The lowest BCUT2D eigenvalue weighted by Gasteiger charge is -2.20. The number of methoxy groups -OCH3 is 1. The van der Waals surface area contributed by atoms with Gasteiger partial charge in [-0.2, -0.15) is 0 Å². The minimum Gasteiger partial charge on any atom is -0.480 e. The van der Waals surface area contributed by atoms with Crippen LogP contribution in [0.25, 0.3) is 10.2 Å². The van der Waals surface area contributed by atoms with Crippen LogP contribution >= 0.6 is 23.1 Å². The molecule has 0 bridgehead atoms. The second kappa shape index (κ2) is 25.7. The number of thioether (sulfide) groups is 1. The highest BCUT2D eigenvalue weighted by Gasteiger charge is 2.27. The Morgan fingerprint density at radius 1 is 0.929 bits per heavy atom. The summed E-state index contributed by atoms with van der Waals surface area (Å²) in [6.45, 7) is 1.88. The lowest BCUT2D eigenvalue weighted by atomic mass is 10.1. The largest absolute Gasteiger partial charge is 0.480 e. The number of benzene rings is 1. The third-order valence-corrected chi connectivity index (χ3v) is 10.0. The van der Waals surface area contributed by atoms with Gasteiger partial charge in [0.25, 0.3) is 0 Å². The number of anilines is 1. The number of aliphatic carboxylic acids is 1. The number of carboxylic acid groups (broad SMARTS) is 1. The van der Waals surface area contributed by atoms with Crippen molar-refractivity contribution in [2.75, 3.05) is 84.1 Å². The monoisotopic (exact) mass is 824 g/mol. The summed E-state index contributed by atoms with van der Waals surface area (Å²) in [6, 6.07) is 2.35. The number of aromatic nitrogens is 1. The van der Waals surface area contributed by atoms with Crippen molar-refractivity contribution in [3.8, 4) is 0 Å². The van der Waals surface area contributed by atoms with E-state index in [0.717, 1.165) is 4.70 Å². The molecule has 0 unspecified atom stereocenters. The van der Waals surface area contributed by atoms with Gasteiger partial charge in [-0.25, -0.2) is 9.78 Å². The maximum absolute atomic E-state index is 13.4. The van der Waals surface area contributed by atoms with Crippen molar-refractivity contribution in [3.05, 3.63) is 23.2 Å². The molecule has 1 aliphatic rings. The number of unbranched alkanes of at least 4 members (excludes halogenated alkanes) is 1. The fourth-order valence-electron chi connectivity index (χ4n) is 4.99. The summed E-state index contributed by atoms with van der Waals surface area (Å²) >= 11 is 2.65. The van der Waals surface area contributed by atoms with Gasteiger partial charge in [0.1, 0.15) is 28.7 Å². The molecule has 0 saturated carbocycles. The van der Waals surface area contributed by atoms with E-state index in [9.17, 15) is 29.1 Å². The van der Waals surface area contributed by atoms with Gasteiger partial charge in [-0.15, -0.1) is 23.1 Å². The van der Waals surface area contributed by atoms with Gasteiger partial charge in [0.15, 0.2) is 12.0 Å². The molecule has 0 aliphatic carbocycles. The number of nitrogens with one attached hydrogen (secondary N) is 4. The predicted octanol–water partition coefficient (Wildman–Crippen LogP) is -0.854. The lowest BCUT2D eigenvalue weighted by molar-refractivity contribution is -0.137. The Hall–Kier alpha value is -4.45. The van der Waals surface area contributed by atoms with E-state index in [1.165, 1.54) is 23.1 Å². The van der Waals surface area contributed by atoms with Crippen LogP contribution in [0.4, 0.5) is 5.69 Å². The van der Waals surface area contributed by atoms with Gasteiger partial charge < -0.3 is 62.5 Å². The molecule has 1 aromatic carbocycles. The molecule has 1 aromatic heterocycles. The number of hydrogen-bond donors (Lipinski definition) is 8. The number of thiazole rings is 1. The molecule has 0 spiro atoms. The summed E-state index contributed by atoms with van der Waals surface area (Å²) in [5.41, 5.74) is 17.6. The van der Waals surface area contributed by atoms with Gasteiger partial charge in [0.05, 0.1) is 56.4 Å². The molecule has 3 atom stereocenters. The number of hydrogen-bond acceptors (Lipinski definition) is 15. The number of carboxylic acids is 1. The molecule has 2 aromatic rings. The quantitative estimate of drug-likeness (QED) is 0.0294. The molecule has 11 N–H and O–H groups in total. The Labute approximate surface area is 332 Å². The van der Waals surface area contributed by atoms with Crippen molar-refractivity contribution in [1.29, 1.82) is 0 Å². The van der Waals surface area contributed by atoms with E-state index in [0.29, 0.717) is 79.2 Å². The Balaban J connectivity index is 1.53. The first kappa shape index (κ1) is 45.9. The van der Waals surface area contributed by atoms with Crippen LogP contribution in [0.2, 0.25) is 0 Å². The van der Waals surface area contributed by atoms with Crippen LogP contribution < -0.4 is 38.5 Å². The van der Waals surface area contributed by atoms with Crippen LogP contribution in [-0.2, 0) is 42.9 Å². The van der Waals surface area contributed by atoms with E-state index >= 15 is 0 Å². The van der Waals surface area contributed by atoms with Crippen LogP contribution in [0.15, 0.2) is 28.2 Å². The highest BCUT2D eigenvalue weighted by molar-refractivity contribution is 8.15. The fourth-order valence-corrected chi connectivity index (χ4v) is 7.10.